The third-order valence-corrected chi connectivity index (χ3v) is 3.51. The molecule has 0 radical (unpaired) electrons. The van der Waals surface area contributed by atoms with E-state index in [-0.39, 0.29) is 17.9 Å². The lowest BCUT2D eigenvalue weighted by atomic mass is 10.2. The zero-order valence-corrected chi connectivity index (χ0v) is 14.9. The van der Waals surface area contributed by atoms with Gasteiger partial charge in [0.05, 0.1) is 23.5 Å². The number of alkyl halides is 7. The zero-order valence-electron chi connectivity index (χ0n) is 12.7. The summed E-state index contributed by atoms with van der Waals surface area (Å²) in [5.74, 6) is -5.71. The predicted molar refractivity (Wildman–Crippen MR) is 83.6 cm³/mol. The molecule has 1 aromatic carbocycles. The number of hydrogen-bond acceptors (Lipinski definition) is 4. The highest BCUT2D eigenvalue weighted by Gasteiger charge is 2.73. The van der Waals surface area contributed by atoms with E-state index >= 15 is 0 Å². The third kappa shape index (κ3) is 4.79. The van der Waals surface area contributed by atoms with Crippen molar-refractivity contribution in [1.29, 1.82) is 0 Å². The maximum Gasteiger partial charge on any atom is 0.462 e. The topological polar surface area (TPSA) is 42.8 Å². The molecule has 25 heavy (non-hydrogen) atoms. The second-order valence-corrected chi connectivity index (χ2v) is 5.65. The van der Waals surface area contributed by atoms with Gasteiger partial charge in [-0.25, -0.2) is 5.43 Å². The Hall–Kier alpha value is -1.47. The molecule has 0 heterocycles. The Morgan fingerprint density at radius 1 is 1.16 bits per heavy atom. The number of benzene rings is 1. The third-order valence-electron chi connectivity index (χ3n) is 2.70. The van der Waals surface area contributed by atoms with Gasteiger partial charge in [-0.1, -0.05) is 0 Å². The van der Waals surface area contributed by atoms with Crippen LogP contribution in [-0.4, -0.2) is 38.1 Å². The maximum absolute atomic E-state index is 13.1. The normalized spacial score (nSPS) is 13.2. The minimum absolute atomic E-state index is 0.118. The predicted octanol–water partition coefficient (Wildman–Crippen LogP) is 4.41. The number of nitrogens with one attached hydrogen (secondary N) is 1. The number of hydrazone groups is 1. The summed E-state index contributed by atoms with van der Waals surface area (Å²) in [5.41, 5.74) is 0.663. The first-order valence-electron chi connectivity index (χ1n) is 6.50. The van der Waals surface area contributed by atoms with E-state index in [9.17, 15) is 30.7 Å². The Labute approximate surface area is 151 Å². The van der Waals surface area contributed by atoms with Gasteiger partial charge >= 0.3 is 18.1 Å². The summed E-state index contributed by atoms with van der Waals surface area (Å²) in [4.78, 5) is 0. The lowest BCUT2D eigenvalue weighted by molar-refractivity contribution is -0.361. The Bertz CT molecular complexity index is 636. The minimum atomic E-state index is -6.43. The van der Waals surface area contributed by atoms with Gasteiger partial charge in [0.2, 0.25) is 0 Å². The fraction of sp³-hybridized carbons (Fsp3) is 0.462. The number of hydrogen-bond donors (Lipinski definition) is 1. The zero-order chi connectivity index (χ0) is 19.5. The molecule has 4 nitrogen and oxygen atoms in total. The molecule has 0 bridgehead atoms. The first-order valence-corrected chi connectivity index (χ1v) is 7.58. The van der Waals surface area contributed by atoms with Crippen molar-refractivity contribution < 1.29 is 40.2 Å². The van der Waals surface area contributed by atoms with Gasteiger partial charge in [0.25, 0.3) is 0 Å². The molecule has 0 saturated heterocycles. The van der Waals surface area contributed by atoms with Crippen LogP contribution in [0, 0.1) is 3.57 Å². The Morgan fingerprint density at radius 2 is 1.76 bits per heavy atom. The molecule has 0 unspecified atom stereocenters. The van der Waals surface area contributed by atoms with Gasteiger partial charge < -0.3 is 9.47 Å². The fourth-order valence-electron chi connectivity index (χ4n) is 1.56. The molecule has 0 atom stereocenters. The Balaban J connectivity index is 3.03. The highest BCUT2D eigenvalue weighted by Crippen LogP contribution is 2.45. The molecule has 0 aliphatic rings. The molecule has 1 aromatic rings. The van der Waals surface area contributed by atoms with Crippen LogP contribution in [0.3, 0.4) is 0 Å². The minimum Gasteiger partial charge on any atom is -0.492 e. The Morgan fingerprint density at radius 3 is 2.24 bits per heavy atom. The Kier molecular flexibility index (Phi) is 6.75. The van der Waals surface area contributed by atoms with Crippen molar-refractivity contribution in [2.24, 2.45) is 5.10 Å². The van der Waals surface area contributed by atoms with Crippen molar-refractivity contribution in [3.63, 3.8) is 0 Å². The maximum atomic E-state index is 13.1. The summed E-state index contributed by atoms with van der Waals surface area (Å²) in [6.45, 7) is 1.93. The van der Waals surface area contributed by atoms with Crippen molar-refractivity contribution in [2.45, 2.75) is 25.1 Å². The number of methoxy groups -OCH3 is 1. The summed E-state index contributed by atoms with van der Waals surface area (Å²) in [6.07, 6.45) is -5.78. The van der Waals surface area contributed by atoms with E-state index in [1.165, 1.54) is 19.2 Å². The SMILES string of the molecule is CCOc1cc(/C=N\NC(F)(F)C(F)(F)C(F)(F)F)cc(I)c1OC. The molecule has 0 amide bonds. The van der Waals surface area contributed by atoms with Crippen LogP contribution >= 0.6 is 22.6 Å². The number of halogens is 8. The van der Waals surface area contributed by atoms with E-state index in [1.807, 2.05) is 22.6 Å². The molecular weight excluding hydrogens is 476 g/mol. The van der Waals surface area contributed by atoms with E-state index in [1.54, 1.807) is 6.92 Å². The van der Waals surface area contributed by atoms with Crippen molar-refractivity contribution in [2.75, 3.05) is 13.7 Å². The summed E-state index contributed by atoms with van der Waals surface area (Å²) >= 11 is 1.84. The lowest BCUT2D eigenvalue weighted by Gasteiger charge is -2.27. The first kappa shape index (κ1) is 21.6. The quantitative estimate of drug-likeness (QED) is 0.203. The van der Waals surface area contributed by atoms with Gasteiger partial charge in [0.1, 0.15) is 0 Å². The van der Waals surface area contributed by atoms with Gasteiger partial charge in [0, 0.05) is 0 Å². The highest BCUT2D eigenvalue weighted by atomic mass is 127. The van der Waals surface area contributed by atoms with Crippen LogP contribution in [-0.2, 0) is 0 Å². The fourth-order valence-corrected chi connectivity index (χ4v) is 2.41. The van der Waals surface area contributed by atoms with Gasteiger partial charge in [-0.05, 0) is 47.2 Å². The monoisotopic (exact) mass is 488 g/mol. The molecule has 0 saturated carbocycles. The second kappa shape index (κ2) is 7.83. The van der Waals surface area contributed by atoms with E-state index in [0.29, 0.717) is 21.0 Å². The lowest BCUT2D eigenvalue weighted by Crippen LogP contribution is -2.58. The van der Waals surface area contributed by atoms with Crippen LogP contribution in [0.15, 0.2) is 17.2 Å². The number of rotatable bonds is 7. The molecule has 0 fully saturated rings. The number of nitrogens with zero attached hydrogens (tertiary/aromatic N) is 1. The molecule has 0 aliphatic carbocycles. The molecule has 142 valence electrons. The van der Waals surface area contributed by atoms with Gasteiger partial charge in [0.15, 0.2) is 11.5 Å². The summed E-state index contributed by atoms with van der Waals surface area (Å²) in [5, 5.41) is 2.79. The number of ether oxygens (including phenoxy) is 2. The molecule has 0 aromatic heterocycles. The molecule has 1 N–H and O–H groups in total. The second-order valence-electron chi connectivity index (χ2n) is 4.48. The van der Waals surface area contributed by atoms with Crippen LogP contribution in [0.5, 0.6) is 11.5 Å². The molecule has 1 rings (SSSR count). The van der Waals surface area contributed by atoms with Crippen LogP contribution in [0.2, 0.25) is 0 Å². The van der Waals surface area contributed by atoms with E-state index in [4.69, 9.17) is 9.47 Å². The van der Waals surface area contributed by atoms with Gasteiger partial charge in [-0.2, -0.15) is 35.8 Å². The van der Waals surface area contributed by atoms with Crippen LogP contribution in [0.4, 0.5) is 30.7 Å². The summed E-state index contributed by atoms with van der Waals surface area (Å²) in [6, 6.07) is -2.94. The van der Waals surface area contributed by atoms with Crippen molar-refractivity contribution in [3.05, 3.63) is 21.3 Å². The summed E-state index contributed by atoms with van der Waals surface area (Å²) in [7, 11) is 1.37. The molecule has 0 aliphatic heterocycles. The summed E-state index contributed by atoms with van der Waals surface area (Å²) < 4.78 is 98.4. The van der Waals surface area contributed by atoms with Crippen molar-refractivity contribution in [3.8, 4) is 11.5 Å². The average Bonchev–Trinajstić information content (AvgIpc) is 2.46. The van der Waals surface area contributed by atoms with Gasteiger partial charge in [-0.3, -0.25) is 0 Å². The largest absolute Gasteiger partial charge is 0.492 e. The van der Waals surface area contributed by atoms with E-state index in [0.717, 1.165) is 0 Å². The first-order chi connectivity index (χ1) is 11.4. The average molecular weight is 488 g/mol. The smallest absolute Gasteiger partial charge is 0.462 e. The standard InChI is InChI=1S/C13H12F7IN2O2/c1-3-25-9-5-7(4-8(21)10(9)24-2)6-22-23-13(19,20)11(14,15)12(16,17)18/h4-6,23H,3H2,1-2H3/b22-6-. The van der Waals surface area contributed by atoms with Crippen LogP contribution < -0.4 is 14.9 Å². The molecule has 0 spiro atoms. The van der Waals surface area contributed by atoms with Crippen LogP contribution in [0.1, 0.15) is 12.5 Å². The van der Waals surface area contributed by atoms with E-state index in [2.05, 4.69) is 5.10 Å². The van der Waals surface area contributed by atoms with Crippen molar-refractivity contribution in [1.82, 2.24) is 5.43 Å². The van der Waals surface area contributed by atoms with Crippen molar-refractivity contribution >= 4 is 28.8 Å². The molecule has 12 heteroatoms. The van der Waals surface area contributed by atoms with E-state index < -0.39 is 18.1 Å². The van der Waals surface area contributed by atoms with Gasteiger partial charge in [-0.15, -0.1) is 0 Å². The van der Waals surface area contributed by atoms with Crippen LogP contribution in [0.25, 0.3) is 0 Å². The molecular formula is C13H12F7IN2O2. The highest BCUT2D eigenvalue weighted by molar-refractivity contribution is 14.1.